The number of phenols is 2. The summed E-state index contributed by atoms with van der Waals surface area (Å²) in [6.07, 6.45) is 1.48. The Morgan fingerprint density at radius 2 is 1.90 bits per heavy atom. The van der Waals surface area contributed by atoms with E-state index in [9.17, 15) is 9.90 Å². The number of hydrazone groups is 1. The van der Waals surface area contributed by atoms with Crippen LogP contribution in [0.5, 0.6) is 11.5 Å². The van der Waals surface area contributed by atoms with Crippen LogP contribution in [0, 0.1) is 0 Å². The first-order valence-electron chi connectivity index (χ1n) is 6.13. The summed E-state index contributed by atoms with van der Waals surface area (Å²) < 4.78 is 0. The maximum Gasteiger partial charge on any atom is 0.244 e. The zero-order valence-corrected chi connectivity index (χ0v) is 11.7. The number of benzene rings is 2. The van der Waals surface area contributed by atoms with E-state index in [1.165, 1.54) is 24.4 Å². The van der Waals surface area contributed by atoms with Crippen LogP contribution in [0.2, 0.25) is 5.02 Å². The number of nitrogens with one attached hydrogen (secondary N) is 1. The van der Waals surface area contributed by atoms with Gasteiger partial charge in [-0.05, 0) is 29.8 Å². The summed E-state index contributed by atoms with van der Waals surface area (Å²) in [4.78, 5) is 11.7. The van der Waals surface area contributed by atoms with Gasteiger partial charge < -0.3 is 10.2 Å². The SMILES string of the molecule is O=C(Cc1ccc(Cl)cc1)N/N=C\c1ccc(O)cc1O. The van der Waals surface area contributed by atoms with Crippen LogP contribution in [-0.4, -0.2) is 22.3 Å². The standard InChI is InChI=1S/C15H13ClN2O3/c16-12-4-1-10(2-5-12)7-15(21)18-17-9-11-3-6-13(19)8-14(11)20/h1-6,8-9,19-20H,7H2,(H,18,21)/b17-9-. The summed E-state index contributed by atoms with van der Waals surface area (Å²) in [7, 11) is 0. The number of rotatable bonds is 4. The zero-order valence-electron chi connectivity index (χ0n) is 11.0. The molecule has 0 radical (unpaired) electrons. The minimum absolute atomic E-state index is 0.0450. The molecule has 0 saturated heterocycles. The van der Waals surface area contributed by atoms with Crippen LogP contribution in [0.25, 0.3) is 0 Å². The first-order chi connectivity index (χ1) is 10.0. The molecule has 5 nitrogen and oxygen atoms in total. The van der Waals surface area contributed by atoms with Crippen molar-refractivity contribution in [3.8, 4) is 11.5 Å². The molecule has 0 atom stereocenters. The van der Waals surface area contributed by atoms with Gasteiger partial charge in [0.2, 0.25) is 5.91 Å². The highest BCUT2D eigenvalue weighted by molar-refractivity contribution is 6.30. The van der Waals surface area contributed by atoms with Crippen LogP contribution in [0.15, 0.2) is 47.6 Å². The highest BCUT2D eigenvalue weighted by atomic mass is 35.5. The number of carbonyl (C=O) groups is 1. The van der Waals surface area contributed by atoms with Crippen LogP contribution in [0.4, 0.5) is 0 Å². The molecular formula is C15H13ClN2O3. The molecular weight excluding hydrogens is 292 g/mol. The normalized spacial score (nSPS) is 10.7. The molecule has 0 aliphatic heterocycles. The van der Waals surface area contributed by atoms with E-state index in [-0.39, 0.29) is 23.8 Å². The molecule has 0 aromatic heterocycles. The number of carbonyl (C=O) groups excluding carboxylic acids is 1. The number of phenolic OH excluding ortho intramolecular Hbond substituents is 2. The molecule has 0 fully saturated rings. The van der Waals surface area contributed by atoms with Gasteiger partial charge in [0.1, 0.15) is 11.5 Å². The fourth-order valence-corrected chi connectivity index (χ4v) is 1.77. The largest absolute Gasteiger partial charge is 0.508 e. The molecule has 0 aliphatic rings. The van der Waals surface area contributed by atoms with Gasteiger partial charge in [0, 0.05) is 16.7 Å². The third kappa shape index (κ3) is 4.50. The first-order valence-corrected chi connectivity index (χ1v) is 6.51. The summed E-state index contributed by atoms with van der Waals surface area (Å²) in [5, 5.41) is 23.1. The second-order valence-electron chi connectivity index (χ2n) is 4.34. The van der Waals surface area contributed by atoms with Crippen molar-refractivity contribution < 1.29 is 15.0 Å². The Kier molecular flexibility index (Phi) is 4.79. The highest BCUT2D eigenvalue weighted by Gasteiger charge is 2.03. The molecule has 2 rings (SSSR count). The minimum Gasteiger partial charge on any atom is -0.508 e. The lowest BCUT2D eigenvalue weighted by Crippen LogP contribution is -2.19. The molecule has 1 amide bonds. The number of amides is 1. The monoisotopic (exact) mass is 304 g/mol. The molecule has 0 aliphatic carbocycles. The second-order valence-corrected chi connectivity index (χ2v) is 4.78. The maximum absolute atomic E-state index is 11.7. The van der Waals surface area contributed by atoms with Crippen molar-refractivity contribution in [3.05, 3.63) is 58.6 Å². The molecule has 0 saturated carbocycles. The van der Waals surface area contributed by atoms with Gasteiger partial charge in [0.25, 0.3) is 0 Å². The molecule has 2 aromatic carbocycles. The lowest BCUT2D eigenvalue weighted by molar-refractivity contribution is -0.120. The minimum atomic E-state index is -0.285. The fraction of sp³-hybridized carbons (Fsp3) is 0.0667. The second kappa shape index (κ2) is 6.76. The van der Waals surface area contributed by atoms with E-state index in [2.05, 4.69) is 10.5 Å². The van der Waals surface area contributed by atoms with E-state index >= 15 is 0 Å². The fourth-order valence-electron chi connectivity index (χ4n) is 1.64. The van der Waals surface area contributed by atoms with E-state index in [1.54, 1.807) is 24.3 Å². The van der Waals surface area contributed by atoms with Gasteiger partial charge in [-0.2, -0.15) is 5.10 Å². The van der Waals surface area contributed by atoms with Crippen LogP contribution in [0.1, 0.15) is 11.1 Å². The van der Waals surface area contributed by atoms with Gasteiger partial charge in [-0.25, -0.2) is 5.43 Å². The Morgan fingerprint density at radius 1 is 1.19 bits per heavy atom. The van der Waals surface area contributed by atoms with Crippen molar-refractivity contribution in [1.29, 1.82) is 0 Å². The van der Waals surface area contributed by atoms with E-state index in [0.29, 0.717) is 10.6 Å². The Labute approximate surface area is 126 Å². The molecule has 108 valence electrons. The average molecular weight is 305 g/mol. The van der Waals surface area contributed by atoms with Gasteiger partial charge >= 0.3 is 0 Å². The molecule has 3 N–H and O–H groups in total. The topological polar surface area (TPSA) is 81.9 Å². The summed E-state index contributed by atoms with van der Waals surface area (Å²) in [6, 6.07) is 11.0. The van der Waals surface area contributed by atoms with Crippen molar-refractivity contribution in [2.75, 3.05) is 0 Å². The van der Waals surface area contributed by atoms with Gasteiger partial charge in [-0.15, -0.1) is 0 Å². The molecule has 0 spiro atoms. The maximum atomic E-state index is 11.7. The lowest BCUT2D eigenvalue weighted by Gasteiger charge is -2.01. The predicted octanol–water partition coefficient (Wildman–Crippen LogP) is 2.44. The summed E-state index contributed by atoms with van der Waals surface area (Å²) in [6.45, 7) is 0. The van der Waals surface area contributed by atoms with Gasteiger partial charge in [0.05, 0.1) is 12.6 Å². The number of nitrogens with zero attached hydrogens (tertiary/aromatic N) is 1. The quantitative estimate of drug-likeness (QED) is 0.599. The van der Waals surface area contributed by atoms with Crippen molar-refractivity contribution in [2.45, 2.75) is 6.42 Å². The predicted molar refractivity (Wildman–Crippen MR) is 80.7 cm³/mol. The molecule has 0 bridgehead atoms. The van der Waals surface area contributed by atoms with E-state index in [1.807, 2.05) is 0 Å². The van der Waals surface area contributed by atoms with Crippen LogP contribution in [0.3, 0.4) is 0 Å². The molecule has 0 unspecified atom stereocenters. The van der Waals surface area contributed by atoms with Crippen LogP contribution in [-0.2, 0) is 11.2 Å². The molecule has 21 heavy (non-hydrogen) atoms. The van der Waals surface area contributed by atoms with Crippen molar-refractivity contribution in [1.82, 2.24) is 5.43 Å². The van der Waals surface area contributed by atoms with E-state index in [4.69, 9.17) is 16.7 Å². The van der Waals surface area contributed by atoms with Crippen LogP contribution < -0.4 is 5.43 Å². The first kappa shape index (κ1) is 14.9. The third-order valence-electron chi connectivity index (χ3n) is 2.68. The van der Waals surface area contributed by atoms with E-state index in [0.717, 1.165) is 5.56 Å². The Balaban J connectivity index is 1.91. The van der Waals surface area contributed by atoms with Crippen molar-refractivity contribution >= 4 is 23.7 Å². The van der Waals surface area contributed by atoms with Gasteiger partial charge in [-0.1, -0.05) is 23.7 Å². The number of hydrogen-bond acceptors (Lipinski definition) is 4. The number of aromatic hydroxyl groups is 2. The zero-order chi connectivity index (χ0) is 15.2. The summed E-state index contributed by atoms with van der Waals surface area (Å²) in [5.74, 6) is -0.450. The highest BCUT2D eigenvalue weighted by Crippen LogP contribution is 2.20. The molecule has 0 heterocycles. The van der Waals surface area contributed by atoms with Gasteiger partial charge in [0.15, 0.2) is 0 Å². The molecule has 2 aromatic rings. The van der Waals surface area contributed by atoms with Crippen molar-refractivity contribution in [3.63, 3.8) is 0 Å². The Bertz CT molecular complexity index is 669. The van der Waals surface area contributed by atoms with Crippen LogP contribution >= 0.6 is 11.6 Å². The van der Waals surface area contributed by atoms with Gasteiger partial charge in [-0.3, -0.25) is 4.79 Å². The summed E-state index contributed by atoms with van der Waals surface area (Å²) >= 11 is 5.76. The Hall–Kier alpha value is -2.53. The summed E-state index contributed by atoms with van der Waals surface area (Å²) in [5.41, 5.74) is 3.57. The van der Waals surface area contributed by atoms with Crippen molar-refractivity contribution in [2.24, 2.45) is 5.10 Å². The average Bonchev–Trinajstić information content (AvgIpc) is 2.44. The lowest BCUT2D eigenvalue weighted by atomic mass is 10.1. The molecule has 6 heteroatoms. The Morgan fingerprint density at radius 3 is 2.57 bits per heavy atom. The third-order valence-corrected chi connectivity index (χ3v) is 2.94. The smallest absolute Gasteiger partial charge is 0.244 e. The van der Waals surface area contributed by atoms with E-state index < -0.39 is 0 Å². The number of halogens is 1. The number of hydrogen-bond donors (Lipinski definition) is 3.